The van der Waals surface area contributed by atoms with E-state index in [1.165, 1.54) is 6.07 Å². The van der Waals surface area contributed by atoms with Gasteiger partial charge in [0.25, 0.3) is 0 Å². The number of anilines is 1. The molecule has 178 valence electrons. The van der Waals surface area contributed by atoms with E-state index in [0.29, 0.717) is 39.7 Å². The van der Waals surface area contributed by atoms with Crippen LogP contribution in [0, 0.1) is 23.6 Å². The predicted molar refractivity (Wildman–Crippen MR) is 134 cm³/mol. The highest BCUT2D eigenvalue weighted by atomic mass is 35.5. The van der Waals surface area contributed by atoms with Gasteiger partial charge in [0.2, 0.25) is 0 Å². The number of benzene rings is 2. The third-order valence-corrected chi connectivity index (χ3v) is 7.78. The maximum Gasteiger partial charge on any atom is 0.308 e. The first-order valence-corrected chi connectivity index (χ1v) is 12.3. The van der Waals surface area contributed by atoms with Crippen LogP contribution in [0.3, 0.4) is 0 Å². The molecule has 0 unspecified atom stereocenters. The van der Waals surface area contributed by atoms with E-state index in [1.807, 2.05) is 36.4 Å². The number of carboxylic acid groups (broad SMARTS) is 1. The van der Waals surface area contributed by atoms with Gasteiger partial charge in [0.15, 0.2) is 5.82 Å². The van der Waals surface area contributed by atoms with Crippen molar-refractivity contribution < 1.29 is 14.3 Å². The van der Waals surface area contributed by atoms with Gasteiger partial charge in [-0.2, -0.15) is 0 Å². The summed E-state index contributed by atoms with van der Waals surface area (Å²) in [5, 5.41) is 14.4. The van der Waals surface area contributed by atoms with Crippen LogP contribution >= 0.6 is 11.6 Å². The molecule has 6 nitrogen and oxygen atoms in total. The molecule has 35 heavy (non-hydrogen) atoms. The van der Waals surface area contributed by atoms with Gasteiger partial charge in [0, 0.05) is 39.8 Å². The number of hydrogen-bond acceptors (Lipinski definition) is 4. The summed E-state index contributed by atoms with van der Waals surface area (Å²) in [6.07, 6.45) is 5.66. The molecule has 2 bridgehead atoms. The summed E-state index contributed by atoms with van der Waals surface area (Å²) in [6.45, 7) is 0. The summed E-state index contributed by atoms with van der Waals surface area (Å²) in [7, 11) is 0. The number of rotatable bonds is 5. The zero-order chi connectivity index (χ0) is 24.1. The lowest BCUT2D eigenvalue weighted by Crippen LogP contribution is -2.51. The van der Waals surface area contributed by atoms with Crippen molar-refractivity contribution in [2.24, 2.45) is 17.8 Å². The zero-order valence-corrected chi connectivity index (χ0v) is 19.6. The summed E-state index contributed by atoms with van der Waals surface area (Å²) in [6, 6.07) is 14.4. The molecule has 3 fully saturated rings. The molecule has 0 saturated heterocycles. The van der Waals surface area contributed by atoms with Crippen molar-refractivity contribution in [3.63, 3.8) is 0 Å². The molecule has 2 aromatic heterocycles. The molecule has 3 aliphatic rings. The second-order valence-electron chi connectivity index (χ2n) is 9.55. The number of aliphatic carboxylic acids is 1. The number of carboxylic acids is 1. The molecular formula is C27H24ClFN4O2. The van der Waals surface area contributed by atoms with E-state index >= 15 is 0 Å². The van der Waals surface area contributed by atoms with Crippen molar-refractivity contribution in [3.05, 3.63) is 65.6 Å². The topological polar surface area (TPSA) is 90.9 Å². The highest BCUT2D eigenvalue weighted by Crippen LogP contribution is 2.46. The molecule has 7 rings (SSSR count). The fraction of sp³-hybridized carbons (Fsp3) is 0.296. The summed E-state index contributed by atoms with van der Waals surface area (Å²) < 4.78 is 14.5. The molecule has 0 radical (unpaired) electrons. The van der Waals surface area contributed by atoms with Gasteiger partial charge in [-0.3, -0.25) is 4.79 Å². The molecule has 2 aromatic carbocycles. The van der Waals surface area contributed by atoms with E-state index in [2.05, 4.69) is 10.3 Å². The summed E-state index contributed by atoms with van der Waals surface area (Å²) in [4.78, 5) is 24.7. The van der Waals surface area contributed by atoms with Crippen molar-refractivity contribution >= 4 is 34.3 Å². The molecule has 3 aliphatic carbocycles. The number of nitrogens with zero attached hydrogens (tertiary/aromatic N) is 2. The number of aromatic nitrogens is 3. The Morgan fingerprint density at radius 2 is 1.80 bits per heavy atom. The van der Waals surface area contributed by atoms with Gasteiger partial charge < -0.3 is 15.4 Å². The van der Waals surface area contributed by atoms with E-state index in [-0.39, 0.29) is 17.0 Å². The Morgan fingerprint density at radius 3 is 2.54 bits per heavy atom. The number of nitrogens with one attached hydrogen (secondary N) is 2. The van der Waals surface area contributed by atoms with Crippen LogP contribution in [0.1, 0.15) is 25.7 Å². The molecule has 8 heteroatoms. The molecule has 0 spiro atoms. The van der Waals surface area contributed by atoms with Gasteiger partial charge in [-0.15, -0.1) is 0 Å². The highest BCUT2D eigenvalue weighted by molar-refractivity contribution is 6.31. The van der Waals surface area contributed by atoms with E-state index in [0.717, 1.165) is 31.2 Å². The first kappa shape index (κ1) is 22.0. The summed E-state index contributed by atoms with van der Waals surface area (Å²) in [5.74, 6) is -0.189. The van der Waals surface area contributed by atoms with Crippen LogP contribution in [0.5, 0.6) is 0 Å². The molecule has 2 atom stereocenters. The smallest absolute Gasteiger partial charge is 0.308 e. The van der Waals surface area contributed by atoms with Crippen molar-refractivity contribution in [2.75, 3.05) is 5.32 Å². The number of H-pyrrole nitrogens is 1. The van der Waals surface area contributed by atoms with Crippen LogP contribution in [-0.4, -0.2) is 32.1 Å². The van der Waals surface area contributed by atoms with Gasteiger partial charge in [-0.1, -0.05) is 41.9 Å². The Bertz CT molecular complexity index is 1420. The molecular weight excluding hydrogens is 467 g/mol. The number of aromatic amines is 1. The summed E-state index contributed by atoms with van der Waals surface area (Å²) >= 11 is 6.15. The normalized spacial score (nSPS) is 23.5. The van der Waals surface area contributed by atoms with Crippen LogP contribution in [0.4, 0.5) is 10.2 Å². The molecule has 0 aliphatic heterocycles. The third kappa shape index (κ3) is 3.93. The second kappa shape index (κ2) is 8.64. The Hall–Kier alpha value is -3.45. The fourth-order valence-electron chi connectivity index (χ4n) is 5.92. The average molecular weight is 491 g/mol. The van der Waals surface area contributed by atoms with Crippen molar-refractivity contribution in [2.45, 2.75) is 31.7 Å². The molecule has 3 saturated carbocycles. The maximum absolute atomic E-state index is 14.5. The van der Waals surface area contributed by atoms with E-state index < -0.39 is 17.7 Å². The Labute approximate surface area is 206 Å². The quantitative estimate of drug-likeness (QED) is 0.301. The Balaban J connectivity index is 1.47. The summed E-state index contributed by atoms with van der Waals surface area (Å²) in [5.41, 5.74) is 2.57. The molecule has 2 heterocycles. The number of hydrogen-bond donors (Lipinski definition) is 3. The minimum Gasteiger partial charge on any atom is -0.481 e. The molecule has 3 N–H and O–H groups in total. The largest absolute Gasteiger partial charge is 0.481 e. The fourth-order valence-corrected chi connectivity index (χ4v) is 6.13. The third-order valence-electron chi connectivity index (χ3n) is 7.56. The van der Waals surface area contributed by atoms with E-state index in [4.69, 9.17) is 21.6 Å². The van der Waals surface area contributed by atoms with E-state index in [9.17, 15) is 14.3 Å². The lowest BCUT2D eigenvalue weighted by atomic mass is 9.61. The van der Waals surface area contributed by atoms with Gasteiger partial charge in [0.1, 0.15) is 11.6 Å². The first-order valence-electron chi connectivity index (χ1n) is 11.9. The first-order chi connectivity index (χ1) is 17.0. The lowest BCUT2D eigenvalue weighted by Gasteiger charge is -2.47. The maximum atomic E-state index is 14.5. The van der Waals surface area contributed by atoms with E-state index in [1.54, 1.807) is 12.3 Å². The Morgan fingerprint density at radius 1 is 1.06 bits per heavy atom. The average Bonchev–Trinajstić information content (AvgIpc) is 3.29. The van der Waals surface area contributed by atoms with Gasteiger partial charge >= 0.3 is 5.97 Å². The minimum absolute atomic E-state index is 0.184. The SMILES string of the molecule is O=C(O)[C@@H]1C2CCC(CC2)[C@H]1Nc1cc(-c2ccccc2)nc(-c2c[nH]c3c(F)cc(Cl)cc23)n1. The molecule has 0 amide bonds. The number of carbonyl (C=O) groups is 1. The number of halogens is 2. The van der Waals surface area contributed by atoms with Crippen LogP contribution < -0.4 is 5.32 Å². The van der Waals surface area contributed by atoms with Gasteiger partial charge in [-0.25, -0.2) is 14.4 Å². The van der Waals surface area contributed by atoms with Crippen molar-refractivity contribution in [1.82, 2.24) is 15.0 Å². The van der Waals surface area contributed by atoms with Crippen LogP contribution in [0.25, 0.3) is 33.5 Å². The molecule has 4 aromatic rings. The van der Waals surface area contributed by atoms with Crippen molar-refractivity contribution in [1.29, 1.82) is 0 Å². The van der Waals surface area contributed by atoms with Gasteiger partial charge in [-0.05, 0) is 49.7 Å². The number of fused-ring (bicyclic) bond motifs is 4. The van der Waals surface area contributed by atoms with Gasteiger partial charge in [0.05, 0.1) is 17.1 Å². The Kier molecular flexibility index (Phi) is 5.44. The zero-order valence-electron chi connectivity index (χ0n) is 18.8. The minimum atomic E-state index is -0.754. The highest BCUT2D eigenvalue weighted by Gasteiger charge is 2.47. The van der Waals surface area contributed by atoms with Crippen LogP contribution in [-0.2, 0) is 4.79 Å². The predicted octanol–water partition coefficient (Wildman–Crippen LogP) is 6.39. The lowest BCUT2D eigenvalue weighted by molar-refractivity contribution is -0.148. The monoisotopic (exact) mass is 490 g/mol. The second-order valence-corrected chi connectivity index (χ2v) is 9.99. The van der Waals surface area contributed by atoms with Crippen LogP contribution in [0.2, 0.25) is 5.02 Å². The standard InChI is InChI=1S/C27H24ClFN4O2/c28-17-10-18-19(13-30-25(18)20(29)11-17)26-31-21(14-4-2-1-3-5-14)12-22(33-26)32-24-16-8-6-15(7-9-16)23(24)27(34)35/h1-5,10-13,15-16,23-24,30H,6-9H2,(H,34,35)(H,31,32,33)/t15?,16?,23-,24-/m1/s1. The van der Waals surface area contributed by atoms with Crippen molar-refractivity contribution in [3.8, 4) is 22.6 Å². The van der Waals surface area contributed by atoms with Crippen LogP contribution in [0.15, 0.2) is 54.7 Å².